The summed E-state index contributed by atoms with van der Waals surface area (Å²) in [5.74, 6) is -2.62. The van der Waals surface area contributed by atoms with Gasteiger partial charge in [0.25, 0.3) is 0 Å². The Hall–Kier alpha value is -3.66. The average Bonchev–Trinajstić information content (AvgIpc) is 3.32. The van der Waals surface area contributed by atoms with Crippen molar-refractivity contribution >= 4 is 24.2 Å². The van der Waals surface area contributed by atoms with E-state index >= 15 is 0 Å². The molecule has 1 fully saturated rings. The van der Waals surface area contributed by atoms with Gasteiger partial charge in [-0.25, -0.2) is 9.18 Å². The van der Waals surface area contributed by atoms with Gasteiger partial charge < -0.3 is 30.3 Å². The highest BCUT2D eigenvalue weighted by atomic mass is 35.5. The zero-order valence-electron chi connectivity index (χ0n) is 21.2. The topological polar surface area (TPSA) is 117 Å². The molecule has 4 rings (SSSR count). The number of aryl methyl sites for hydroxylation is 2. The van der Waals surface area contributed by atoms with Gasteiger partial charge >= 0.3 is 5.97 Å². The highest BCUT2D eigenvalue weighted by Gasteiger charge is 2.30. The van der Waals surface area contributed by atoms with Crippen LogP contribution in [-0.2, 0) is 11.3 Å². The zero-order valence-corrected chi connectivity index (χ0v) is 22.0. The minimum Gasteiger partial charge on any atom is -0.507 e. The summed E-state index contributed by atoms with van der Waals surface area (Å²) in [6.45, 7) is 5.36. The van der Waals surface area contributed by atoms with Crippen molar-refractivity contribution in [3.63, 3.8) is 0 Å². The van der Waals surface area contributed by atoms with E-state index in [1.54, 1.807) is 0 Å². The minimum atomic E-state index is -0.958. The van der Waals surface area contributed by atoms with Crippen molar-refractivity contribution in [1.29, 1.82) is 0 Å². The molecule has 0 saturated carbocycles. The summed E-state index contributed by atoms with van der Waals surface area (Å²) in [6, 6.07) is 11.8. The molecule has 1 heterocycles. The summed E-state index contributed by atoms with van der Waals surface area (Å²) in [6.07, 6.45) is -0.407. The molecule has 1 aliphatic rings. The van der Waals surface area contributed by atoms with Crippen LogP contribution in [0.2, 0.25) is 0 Å². The van der Waals surface area contributed by atoms with E-state index < -0.39 is 35.0 Å². The number of esters is 1. The number of hydrogen-bond acceptors (Lipinski definition) is 8. The molecule has 4 N–H and O–H groups in total. The van der Waals surface area contributed by atoms with Crippen LogP contribution in [0.15, 0.2) is 48.5 Å². The number of phenolic OH excluding ortho intramolecular Hbond substituents is 2. The fourth-order valence-electron chi connectivity index (χ4n) is 4.41. The third kappa shape index (κ3) is 6.07. The fourth-order valence-corrected chi connectivity index (χ4v) is 4.41. The van der Waals surface area contributed by atoms with E-state index in [0.29, 0.717) is 19.6 Å². The molecule has 8 nitrogen and oxygen atoms in total. The molecule has 1 aliphatic heterocycles. The molecular formula is C28H30ClFN2O6. The van der Waals surface area contributed by atoms with Crippen LogP contribution < -0.4 is 15.4 Å². The summed E-state index contributed by atoms with van der Waals surface area (Å²) in [4.78, 5) is 25.6. The van der Waals surface area contributed by atoms with Crippen LogP contribution in [0.5, 0.6) is 17.2 Å². The zero-order chi connectivity index (χ0) is 26.7. The Morgan fingerprint density at radius 3 is 2.29 bits per heavy atom. The number of nitrogens with one attached hydrogen (secondary N) is 2. The maximum Gasteiger partial charge on any atom is 0.338 e. The summed E-state index contributed by atoms with van der Waals surface area (Å²) in [5, 5.41) is 26.6. The molecule has 0 amide bonds. The smallest absolute Gasteiger partial charge is 0.338 e. The van der Waals surface area contributed by atoms with Crippen molar-refractivity contribution in [2.45, 2.75) is 32.5 Å². The molecule has 0 aliphatic carbocycles. The fraction of sp³-hybridized carbons (Fsp3) is 0.286. The molecular weight excluding hydrogens is 515 g/mol. The Bertz CT molecular complexity index is 1310. The third-order valence-corrected chi connectivity index (χ3v) is 6.45. The normalized spacial score (nSPS) is 16.5. The first-order valence-corrected chi connectivity index (χ1v) is 11.8. The van der Waals surface area contributed by atoms with Crippen LogP contribution in [0.3, 0.4) is 0 Å². The average molecular weight is 545 g/mol. The van der Waals surface area contributed by atoms with Gasteiger partial charge in [-0.15, -0.1) is 12.4 Å². The van der Waals surface area contributed by atoms with E-state index in [0.717, 1.165) is 16.7 Å². The summed E-state index contributed by atoms with van der Waals surface area (Å²) in [5.41, 5.74) is 2.46. The number of rotatable bonds is 8. The van der Waals surface area contributed by atoms with Crippen molar-refractivity contribution in [2.75, 3.05) is 20.2 Å². The van der Waals surface area contributed by atoms with Gasteiger partial charge in [-0.1, -0.05) is 24.3 Å². The third-order valence-electron chi connectivity index (χ3n) is 6.45. The van der Waals surface area contributed by atoms with Gasteiger partial charge in [-0.05, 0) is 54.8 Å². The predicted molar refractivity (Wildman–Crippen MR) is 142 cm³/mol. The monoisotopic (exact) mass is 544 g/mol. The molecule has 2 unspecified atom stereocenters. The number of benzene rings is 3. The number of methoxy groups -OCH3 is 1. The van der Waals surface area contributed by atoms with E-state index in [-0.39, 0.29) is 41.1 Å². The van der Waals surface area contributed by atoms with Gasteiger partial charge in [0.1, 0.15) is 23.2 Å². The van der Waals surface area contributed by atoms with Crippen molar-refractivity contribution in [3.05, 3.63) is 87.7 Å². The first-order valence-electron chi connectivity index (χ1n) is 11.8. The molecule has 0 bridgehead atoms. The summed E-state index contributed by atoms with van der Waals surface area (Å²) < 4.78 is 25.2. The lowest BCUT2D eigenvalue weighted by Gasteiger charge is -2.21. The number of ether oxygens (including phenoxy) is 2. The van der Waals surface area contributed by atoms with Crippen molar-refractivity contribution in [1.82, 2.24) is 10.6 Å². The van der Waals surface area contributed by atoms with Gasteiger partial charge in [-0.3, -0.25) is 4.79 Å². The van der Waals surface area contributed by atoms with Crippen molar-refractivity contribution < 1.29 is 33.7 Å². The Morgan fingerprint density at radius 1 is 1.03 bits per heavy atom. The molecule has 2 atom stereocenters. The molecule has 0 aromatic heterocycles. The molecule has 202 valence electrons. The summed E-state index contributed by atoms with van der Waals surface area (Å²) in [7, 11) is 1.26. The maximum absolute atomic E-state index is 14.6. The number of aromatic hydroxyl groups is 2. The molecule has 38 heavy (non-hydrogen) atoms. The van der Waals surface area contributed by atoms with E-state index in [9.17, 15) is 24.2 Å². The van der Waals surface area contributed by atoms with Gasteiger partial charge in [0.15, 0.2) is 17.3 Å². The molecule has 3 aromatic carbocycles. The lowest BCUT2D eigenvalue weighted by molar-refractivity contribution is 0.0287. The lowest BCUT2D eigenvalue weighted by atomic mass is 10.0. The molecule has 0 spiro atoms. The number of phenols is 2. The van der Waals surface area contributed by atoms with Gasteiger partial charge in [0, 0.05) is 25.2 Å². The number of ketones is 1. The van der Waals surface area contributed by atoms with Gasteiger partial charge in [0.2, 0.25) is 0 Å². The molecule has 10 heteroatoms. The van der Waals surface area contributed by atoms with E-state index in [2.05, 4.69) is 10.6 Å². The van der Waals surface area contributed by atoms with Crippen LogP contribution in [0.1, 0.15) is 43.0 Å². The van der Waals surface area contributed by atoms with E-state index in [1.807, 2.05) is 26.0 Å². The van der Waals surface area contributed by atoms with Crippen LogP contribution in [0.4, 0.5) is 4.39 Å². The number of carbonyl (C=O) groups excluding carboxylic acids is 2. The Kier molecular flexibility index (Phi) is 9.32. The second kappa shape index (κ2) is 12.3. The Labute approximate surface area is 226 Å². The molecule has 1 saturated heterocycles. The second-order valence-electron chi connectivity index (χ2n) is 9.05. The highest BCUT2D eigenvalue weighted by Crippen LogP contribution is 2.30. The van der Waals surface area contributed by atoms with Crippen molar-refractivity contribution in [3.8, 4) is 17.2 Å². The van der Waals surface area contributed by atoms with Gasteiger partial charge in [-0.2, -0.15) is 0 Å². The summed E-state index contributed by atoms with van der Waals surface area (Å²) >= 11 is 0. The number of carbonyl (C=O) groups is 2. The first kappa shape index (κ1) is 28.9. The first-order chi connectivity index (χ1) is 17.7. The second-order valence-corrected chi connectivity index (χ2v) is 9.05. The van der Waals surface area contributed by atoms with Crippen LogP contribution >= 0.6 is 12.4 Å². The standard InChI is InChI=1S/C28H29FN2O6.ClH/c1-15-10-17(11-16(2)26(15)33)12-31-20-13-30-14-23(20)37-28(35)19-6-4-18(5-7-19)27(34)24-21(32)8-9-22(36-3)25(24)29;/h4-11,20,23,30-33H,12-14H2,1-3H3;1H. The predicted octanol–water partition coefficient (Wildman–Crippen LogP) is 3.80. The van der Waals surface area contributed by atoms with E-state index in [4.69, 9.17) is 9.47 Å². The van der Waals surface area contributed by atoms with Crippen molar-refractivity contribution in [2.24, 2.45) is 0 Å². The van der Waals surface area contributed by atoms with E-state index in [1.165, 1.54) is 43.5 Å². The Morgan fingerprint density at radius 2 is 1.66 bits per heavy atom. The SMILES string of the molecule is COc1ccc(O)c(C(=O)c2ccc(C(=O)OC3CNCC3NCc3cc(C)c(O)c(C)c3)cc2)c1F.Cl. The molecule has 3 aromatic rings. The lowest BCUT2D eigenvalue weighted by Crippen LogP contribution is -2.41. The number of halogens is 2. The van der Waals surface area contributed by atoms with Crippen LogP contribution in [-0.4, -0.2) is 54.3 Å². The van der Waals surface area contributed by atoms with Crippen LogP contribution in [0, 0.1) is 19.7 Å². The Balaban J connectivity index is 0.00000400. The maximum atomic E-state index is 14.6. The highest BCUT2D eigenvalue weighted by molar-refractivity contribution is 6.11. The minimum absolute atomic E-state index is 0. The quantitative estimate of drug-likeness (QED) is 0.250. The van der Waals surface area contributed by atoms with Gasteiger partial charge in [0.05, 0.1) is 18.7 Å². The largest absolute Gasteiger partial charge is 0.507 e. The van der Waals surface area contributed by atoms with Crippen LogP contribution in [0.25, 0.3) is 0 Å². The number of hydrogen-bond donors (Lipinski definition) is 4. The molecule has 0 radical (unpaired) electrons.